The number of hydrogen-bond donors (Lipinski definition) is 1. The molecular formula is C19H25N3O3. The van der Waals surface area contributed by atoms with Crippen molar-refractivity contribution in [3.8, 4) is 0 Å². The van der Waals surface area contributed by atoms with Crippen molar-refractivity contribution >= 4 is 11.7 Å². The van der Waals surface area contributed by atoms with Crippen LogP contribution >= 0.6 is 0 Å². The average molecular weight is 343 g/mol. The highest BCUT2D eigenvalue weighted by Crippen LogP contribution is 2.19. The zero-order valence-corrected chi connectivity index (χ0v) is 15.0. The van der Waals surface area contributed by atoms with Crippen LogP contribution in [0.4, 0.5) is 0 Å². The van der Waals surface area contributed by atoms with Gasteiger partial charge in [0.05, 0.1) is 0 Å². The van der Waals surface area contributed by atoms with E-state index in [0.717, 1.165) is 0 Å². The molecule has 6 nitrogen and oxygen atoms in total. The molecule has 0 saturated heterocycles. The Morgan fingerprint density at radius 2 is 1.84 bits per heavy atom. The highest BCUT2D eigenvalue weighted by atomic mass is 16.5. The van der Waals surface area contributed by atoms with Crippen LogP contribution in [0, 0.1) is 0 Å². The summed E-state index contributed by atoms with van der Waals surface area (Å²) in [6.07, 6.45) is 1.76. The van der Waals surface area contributed by atoms with Gasteiger partial charge < -0.3 is 9.84 Å². The maximum Gasteiger partial charge on any atom is 0.232 e. The molecular weight excluding hydrogens is 318 g/mol. The van der Waals surface area contributed by atoms with Gasteiger partial charge in [0, 0.05) is 36.8 Å². The van der Waals surface area contributed by atoms with Gasteiger partial charge in [-0.3, -0.25) is 9.59 Å². The van der Waals surface area contributed by atoms with Crippen molar-refractivity contribution in [3.63, 3.8) is 0 Å². The molecule has 0 unspecified atom stereocenters. The number of carbonyl (C=O) groups excluding carboxylic acids is 2. The second-order valence-electron chi connectivity index (χ2n) is 7.01. The minimum Gasteiger partial charge on any atom is -0.356 e. The van der Waals surface area contributed by atoms with Crippen LogP contribution in [0.2, 0.25) is 0 Å². The van der Waals surface area contributed by atoms with E-state index in [1.165, 1.54) is 0 Å². The van der Waals surface area contributed by atoms with Crippen LogP contribution in [0.1, 0.15) is 62.1 Å². The molecule has 0 radical (unpaired) electrons. The first-order valence-electron chi connectivity index (χ1n) is 8.54. The Bertz CT molecular complexity index is 702. The van der Waals surface area contributed by atoms with Gasteiger partial charge in [-0.15, -0.1) is 0 Å². The van der Waals surface area contributed by atoms with Gasteiger partial charge in [0.25, 0.3) is 0 Å². The molecule has 0 aliphatic rings. The quantitative estimate of drug-likeness (QED) is 0.745. The number of benzene rings is 1. The summed E-state index contributed by atoms with van der Waals surface area (Å²) in [6, 6.07) is 9.13. The van der Waals surface area contributed by atoms with Crippen LogP contribution in [-0.4, -0.2) is 28.4 Å². The number of ketones is 1. The number of nitrogens with zero attached hydrogens (tertiary/aromatic N) is 2. The second-order valence-corrected chi connectivity index (χ2v) is 7.01. The largest absolute Gasteiger partial charge is 0.356 e. The zero-order valence-electron chi connectivity index (χ0n) is 15.0. The van der Waals surface area contributed by atoms with Crippen molar-refractivity contribution in [2.24, 2.45) is 0 Å². The van der Waals surface area contributed by atoms with Crippen LogP contribution in [-0.2, 0) is 16.6 Å². The molecule has 0 bridgehead atoms. The lowest BCUT2D eigenvalue weighted by molar-refractivity contribution is -0.121. The van der Waals surface area contributed by atoms with Crippen molar-refractivity contribution in [2.75, 3.05) is 6.54 Å². The molecule has 0 aliphatic carbocycles. The second kappa shape index (κ2) is 8.55. The fraction of sp³-hybridized carbons (Fsp3) is 0.474. The maximum atomic E-state index is 11.9. The summed E-state index contributed by atoms with van der Waals surface area (Å²) in [5.41, 5.74) is 0.509. The minimum absolute atomic E-state index is 0.0647. The summed E-state index contributed by atoms with van der Waals surface area (Å²) in [5, 5.41) is 6.74. The van der Waals surface area contributed by atoms with Gasteiger partial charge >= 0.3 is 0 Å². The third-order valence-electron chi connectivity index (χ3n) is 3.68. The Balaban J connectivity index is 1.64. The molecule has 0 aliphatic heterocycles. The maximum absolute atomic E-state index is 11.9. The summed E-state index contributed by atoms with van der Waals surface area (Å²) in [5.74, 6) is 1.17. The predicted octanol–water partition coefficient (Wildman–Crippen LogP) is 3.08. The van der Waals surface area contributed by atoms with E-state index >= 15 is 0 Å². The third kappa shape index (κ3) is 6.14. The number of aromatic nitrogens is 2. The summed E-state index contributed by atoms with van der Waals surface area (Å²) in [7, 11) is 0. The molecule has 0 saturated carbocycles. The Morgan fingerprint density at radius 1 is 1.12 bits per heavy atom. The summed E-state index contributed by atoms with van der Waals surface area (Å²) in [4.78, 5) is 28.1. The Morgan fingerprint density at radius 3 is 2.48 bits per heavy atom. The molecule has 25 heavy (non-hydrogen) atoms. The third-order valence-corrected chi connectivity index (χ3v) is 3.68. The highest BCUT2D eigenvalue weighted by molar-refractivity contribution is 5.96. The van der Waals surface area contributed by atoms with Crippen molar-refractivity contribution in [3.05, 3.63) is 47.6 Å². The van der Waals surface area contributed by atoms with Gasteiger partial charge in [-0.05, 0) is 6.42 Å². The van der Waals surface area contributed by atoms with E-state index in [0.29, 0.717) is 49.5 Å². The molecule has 1 aromatic heterocycles. The lowest BCUT2D eigenvalue weighted by Gasteiger charge is -2.10. The zero-order chi connectivity index (χ0) is 18.3. The van der Waals surface area contributed by atoms with E-state index in [4.69, 9.17) is 4.52 Å². The van der Waals surface area contributed by atoms with Crippen LogP contribution in [0.5, 0.6) is 0 Å². The van der Waals surface area contributed by atoms with Gasteiger partial charge in [0.15, 0.2) is 11.6 Å². The number of rotatable bonds is 8. The van der Waals surface area contributed by atoms with E-state index < -0.39 is 0 Å². The average Bonchev–Trinajstić information content (AvgIpc) is 3.05. The van der Waals surface area contributed by atoms with Crippen LogP contribution in [0.15, 0.2) is 34.9 Å². The van der Waals surface area contributed by atoms with Gasteiger partial charge in [-0.25, -0.2) is 0 Å². The minimum atomic E-state index is -0.181. The predicted molar refractivity (Wildman–Crippen MR) is 94.3 cm³/mol. The lowest BCUT2D eigenvalue weighted by atomic mass is 9.97. The normalized spacial score (nSPS) is 11.3. The van der Waals surface area contributed by atoms with Crippen molar-refractivity contribution in [1.82, 2.24) is 15.5 Å². The van der Waals surface area contributed by atoms with Gasteiger partial charge in [0.1, 0.15) is 0 Å². The number of nitrogens with one attached hydrogen (secondary N) is 1. The number of Topliss-reactive ketones (excluding diaryl/α,β-unsaturated/α-hetero) is 1. The van der Waals surface area contributed by atoms with Gasteiger partial charge in [-0.1, -0.05) is 56.3 Å². The molecule has 6 heteroatoms. The van der Waals surface area contributed by atoms with Crippen molar-refractivity contribution < 1.29 is 14.1 Å². The molecule has 2 aromatic rings. The number of hydrogen-bond acceptors (Lipinski definition) is 5. The van der Waals surface area contributed by atoms with E-state index in [9.17, 15) is 9.59 Å². The molecule has 134 valence electrons. The SMILES string of the molecule is CC(C)(C)c1nc(CCNC(=O)CCCC(=O)c2ccccc2)no1. The fourth-order valence-corrected chi connectivity index (χ4v) is 2.24. The molecule has 1 aromatic carbocycles. The smallest absolute Gasteiger partial charge is 0.232 e. The van der Waals surface area contributed by atoms with Crippen LogP contribution < -0.4 is 5.32 Å². The Hall–Kier alpha value is -2.50. The number of amides is 1. The highest BCUT2D eigenvalue weighted by Gasteiger charge is 2.21. The van der Waals surface area contributed by atoms with Gasteiger partial charge in [-0.2, -0.15) is 4.98 Å². The molecule has 1 heterocycles. The molecule has 0 atom stereocenters. The van der Waals surface area contributed by atoms with Gasteiger partial charge in [0.2, 0.25) is 11.8 Å². The molecule has 0 fully saturated rings. The van der Waals surface area contributed by atoms with Crippen LogP contribution in [0.25, 0.3) is 0 Å². The van der Waals surface area contributed by atoms with E-state index in [2.05, 4.69) is 15.5 Å². The van der Waals surface area contributed by atoms with Crippen LogP contribution in [0.3, 0.4) is 0 Å². The topological polar surface area (TPSA) is 85.1 Å². The standard InChI is InChI=1S/C19H25N3O3/c1-19(2,3)18-21-16(22-25-18)12-13-20-17(24)11-7-10-15(23)14-8-5-4-6-9-14/h4-6,8-9H,7,10-13H2,1-3H3,(H,20,24). The first-order chi connectivity index (χ1) is 11.9. The van der Waals surface area contributed by atoms with Crippen molar-refractivity contribution in [2.45, 2.75) is 51.9 Å². The monoisotopic (exact) mass is 343 g/mol. The summed E-state index contributed by atoms with van der Waals surface area (Å²) < 4.78 is 5.21. The van der Waals surface area contributed by atoms with E-state index in [1.54, 1.807) is 12.1 Å². The van der Waals surface area contributed by atoms with E-state index in [-0.39, 0.29) is 17.1 Å². The molecule has 2 rings (SSSR count). The molecule has 1 N–H and O–H groups in total. The molecule has 1 amide bonds. The Labute approximate surface area is 148 Å². The molecule has 0 spiro atoms. The Kier molecular flexibility index (Phi) is 6.44. The van der Waals surface area contributed by atoms with Crippen molar-refractivity contribution in [1.29, 1.82) is 0 Å². The summed E-state index contributed by atoms with van der Waals surface area (Å²) in [6.45, 7) is 6.46. The lowest BCUT2D eigenvalue weighted by Crippen LogP contribution is -2.25. The first-order valence-corrected chi connectivity index (χ1v) is 8.54. The van der Waals surface area contributed by atoms with E-state index in [1.807, 2.05) is 39.0 Å². The summed E-state index contributed by atoms with van der Waals surface area (Å²) >= 11 is 0. The first kappa shape index (κ1) is 18.8. The fourth-order valence-electron chi connectivity index (χ4n) is 2.24. The number of carbonyl (C=O) groups is 2.